The molecule has 5 heavy (non-hydrogen) atoms. The average Bonchev–Trinajstić information content (AvgIpc) is 1.30. The molecular weight excluding hydrogens is 62.1 g/mol. The molecule has 1 nitrogen and oxygen atoms in total. The molecule has 1 saturated carbocycles. The predicted molar refractivity (Wildman–Crippen MR) is 21.6 cm³/mol. The van der Waals surface area contributed by atoms with Crippen molar-refractivity contribution in [1.82, 2.24) is 0 Å². The summed E-state index contributed by atoms with van der Waals surface area (Å²) in [5.41, 5.74) is 0.935. The van der Waals surface area contributed by atoms with E-state index in [-0.39, 0.29) is 0 Å². The Morgan fingerprint density at radius 3 is 1.80 bits per heavy atom. The minimum Gasteiger partial charge on any atom is -0.310 e. The lowest BCUT2D eigenvalue weighted by Gasteiger charge is -2.09. The fourth-order valence-corrected chi connectivity index (χ4v) is 0.354. The summed E-state index contributed by atoms with van der Waals surface area (Å²) in [7, 11) is 0. The Balaban J connectivity index is 2.32. The fraction of sp³-hybridized carbons (Fsp3) is 0.750. The molecule has 0 saturated heterocycles. The lowest BCUT2D eigenvalue weighted by molar-refractivity contribution is 0.794. The van der Waals surface area contributed by atoms with Crippen LogP contribution < -0.4 is 0 Å². The second-order valence-corrected chi connectivity index (χ2v) is 1.46. The van der Waals surface area contributed by atoms with Crippen molar-refractivity contribution in [1.29, 1.82) is 5.41 Å². The number of rotatable bonds is 0. The third-order valence-electron chi connectivity index (χ3n) is 0.957. The molecule has 1 fully saturated rings. The molecule has 1 N–H and O–H groups in total. The molecule has 0 heterocycles. The third kappa shape index (κ3) is 0.318. The Bertz CT molecular complexity index is 50.7. The van der Waals surface area contributed by atoms with Crippen LogP contribution in [0.15, 0.2) is 0 Å². The molecule has 0 spiro atoms. The molecule has 0 unspecified atom stereocenters. The van der Waals surface area contributed by atoms with E-state index < -0.39 is 0 Å². The van der Waals surface area contributed by atoms with E-state index in [1.165, 1.54) is 6.42 Å². The zero-order chi connectivity index (χ0) is 3.70. The van der Waals surface area contributed by atoms with E-state index >= 15 is 0 Å². The highest BCUT2D eigenvalue weighted by Crippen LogP contribution is 2.10. The van der Waals surface area contributed by atoms with Crippen molar-refractivity contribution in [3.63, 3.8) is 0 Å². The Hall–Kier alpha value is -0.330. The van der Waals surface area contributed by atoms with Crippen molar-refractivity contribution < 1.29 is 0 Å². The molecule has 0 aromatic carbocycles. The van der Waals surface area contributed by atoms with Crippen LogP contribution in [0, 0.1) is 5.41 Å². The molecule has 0 aromatic rings. The lowest BCUT2D eigenvalue weighted by atomic mass is 9.98. The maximum atomic E-state index is 6.83. The molecule has 1 rings (SSSR count). The van der Waals surface area contributed by atoms with Gasteiger partial charge in [-0.25, -0.2) is 0 Å². The highest BCUT2D eigenvalue weighted by molar-refractivity contribution is 5.86. The molecule has 0 radical (unpaired) electrons. The van der Waals surface area contributed by atoms with E-state index in [2.05, 4.69) is 0 Å². The SMILES string of the molecule is N=C1CCC1. The Morgan fingerprint density at radius 2 is 1.80 bits per heavy atom. The van der Waals surface area contributed by atoms with Crippen LogP contribution in [-0.2, 0) is 0 Å². The summed E-state index contributed by atoms with van der Waals surface area (Å²) in [6.45, 7) is 0. The number of nitrogens with one attached hydrogen (secondary N) is 1. The van der Waals surface area contributed by atoms with Gasteiger partial charge in [0.05, 0.1) is 0 Å². The summed E-state index contributed by atoms with van der Waals surface area (Å²) in [5.74, 6) is 0. The molecular formula is C4H7N. The summed E-state index contributed by atoms with van der Waals surface area (Å²) in [5, 5.41) is 6.83. The fourth-order valence-electron chi connectivity index (χ4n) is 0.354. The van der Waals surface area contributed by atoms with Crippen LogP contribution in [0.3, 0.4) is 0 Å². The van der Waals surface area contributed by atoms with Crippen LogP contribution in [0.1, 0.15) is 19.3 Å². The Morgan fingerprint density at radius 1 is 1.40 bits per heavy atom. The van der Waals surface area contributed by atoms with Gasteiger partial charge in [0.25, 0.3) is 0 Å². The largest absolute Gasteiger partial charge is 0.310 e. The van der Waals surface area contributed by atoms with E-state index in [0.29, 0.717) is 0 Å². The van der Waals surface area contributed by atoms with E-state index in [1.807, 2.05) is 0 Å². The van der Waals surface area contributed by atoms with Gasteiger partial charge in [-0.3, -0.25) is 0 Å². The third-order valence-corrected chi connectivity index (χ3v) is 0.957. The zero-order valence-corrected chi connectivity index (χ0v) is 3.12. The molecule has 0 aromatic heterocycles. The first-order chi connectivity index (χ1) is 2.39. The van der Waals surface area contributed by atoms with Crippen LogP contribution in [0.5, 0.6) is 0 Å². The van der Waals surface area contributed by atoms with Gasteiger partial charge in [-0.2, -0.15) is 0 Å². The van der Waals surface area contributed by atoms with E-state index in [1.54, 1.807) is 0 Å². The van der Waals surface area contributed by atoms with Gasteiger partial charge in [0.1, 0.15) is 0 Å². The van der Waals surface area contributed by atoms with Crippen molar-refractivity contribution >= 4 is 5.71 Å². The second-order valence-electron chi connectivity index (χ2n) is 1.46. The van der Waals surface area contributed by atoms with Crippen molar-refractivity contribution in [2.75, 3.05) is 0 Å². The second kappa shape index (κ2) is 0.814. The monoisotopic (exact) mass is 69.1 g/mol. The van der Waals surface area contributed by atoms with Gasteiger partial charge >= 0.3 is 0 Å². The minimum absolute atomic E-state index is 0.935. The Labute approximate surface area is 31.5 Å². The summed E-state index contributed by atoms with van der Waals surface area (Å²) in [6, 6.07) is 0. The van der Waals surface area contributed by atoms with Gasteiger partial charge in [-0.15, -0.1) is 0 Å². The topological polar surface area (TPSA) is 23.9 Å². The molecule has 0 aliphatic heterocycles. The van der Waals surface area contributed by atoms with Gasteiger partial charge in [-0.05, 0) is 19.3 Å². The van der Waals surface area contributed by atoms with Gasteiger partial charge in [0.15, 0.2) is 0 Å². The van der Waals surface area contributed by atoms with Crippen molar-refractivity contribution in [3.8, 4) is 0 Å². The van der Waals surface area contributed by atoms with Gasteiger partial charge in [-0.1, -0.05) is 0 Å². The summed E-state index contributed by atoms with van der Waals surface area (Å²) in [4.78, 5) is 0. The van der Waals surface area contributed by atoms with Gasteiger partial charge < -0.3 is 5.41 Å². The lowest BCUT2D eigenvalue weighted by Crippen LogP contribution is -2.06. The van der Waals surface area contributed by atoms with Crippen molar-refractivity contribution in [2.45, 2.75) is 19.3 Å². The van der Waals surface area contributed by atoms with Crippen LogP contribution >= 0.6 is 0 Å². The molecule has 0 amide bonds. The minimum atomic E-state index is 0.935. The first-order valence-corrected chi connectivity index (χ1v) is 1.96. The molecule has 28 valence electrons. The van der Waals surface area contributed by atoms with Gasteiger partial charge in [0.2, 0.25) is 0 Å². The molecule has 0 bridgehead atoms. The van der Waals surface area contributed by atoms with Gasteiger partial charge in [0, 0.05) is 5.71 Å². The first kappa shape index (κ1) is 2.88. The van der Waals surface area contributed by atoms with Crippen LogP contribution in [0.2, 0.25) is 0 Å². The maximum absolute atomic E-state index is 6.83. The summed E-state index contributed by atoms with van der Waals surface area (Å²) >= 11 is 0. The highest BCUT2D eigenvalue weighted by atomic mass is 14.4. The van der Waals surface area contributed by atoms with Crippen LogP contribution in [-0.4, -0.2) is 5.71 Å². The number of hydrogen-bond acceptors (Lipinski definition) is 1. The van der Waals surface area contributed by atoms with E-state index in [4.69, 9.17) is 5.41 Å². The zero-order valence-electron chi connectivity index (χ0n) is 3.12. The van der Waals surface area contributed by atoms with Crippen LogP contribution in [0.4, 0.5) is 0 Å². The average molecular weight is 69.1 g/mol. The summed E-state index contributed by atoms with van der Waals surface area (Å²) in [6.07, 6.45) is 3.40. The first-order valence-electron chi connectivity index (χ1n) is 1.96. The van der Waals surface area contributed by atoms with E-state index in [9.17, 15) is 0 Å². The normalized spacial score (nSPS) is 22.0. The van der Waals surface area contributed by atoms with Crippen molar-refractivity contribution in [2.24, 2.45) is 0 Å². The predicted octanol–water partition coefficient (Wildman–Crippen LogP) is 1.19. The quantitative estimate of drug-likeness (QED) is 0.441. The van der Waals surface area contributed by atoms with Crippen molar-refractivity contribution in [3.05, 3.63) is 0 Å². The van der Waals surface area contributed by atoms with Crippen LogP contribution in [0.25, 0.3) is 0 Å². The smallest absolute Gasteiger partial charge is 0.00894 e. The van der Waals surface area contributed by atoms with E-state index in [0.717, 1.165) is 18.6 Å². The number of hydrogen-bond donors (Lipinski definition) is 1. The molecule has 1 heteroatoms. The molecule has 1 aliphatic carbocycles. The standard InChI is InChI=1S/C4H7N/c5-4-2-1-3-4/h5H,1-3H2. The summed E-state index contributed by atoms with van der Waals surface area (Å²) < 4.78 is 0. The molecule has 0 atom stereocenters. The molecule has 1 aliphatic rings. The highest BCUT2D eigenvalue weighted by Gasteiger charge is 2.04. The maximum Gasteiger partial charge on any atom is 0.00894 e. The Kier molecular flexibility index (Phi) is 0.469.